The summed E-state index contributed by atoms with van der Waals surface area (Å²) in [7, 11) is -3.32. The lowest BCUT2D eigenvalue weighted by Gasteiger charge is -2.13. The van der Waals surface area contributed by atoms with Gasteiger partial charge in [0.05, 0.1) is 11.8 Å². The molecule has 0 saturated carbocycles. The molecule has 0 spiro atoms. The normalized spacial score (nSPS) is 15.7. The molecular formula is C25H23F3N2O3S. The number of aryl methyl sites for hydroxylation is 1. The Morgan fingerprint density at radius 2 is 1.62 bits per heavy atom. The molecule has 3 aromatic rings. The molecule has 2 N–H and O–H groups in total. The van der Waals surface area contributed by atoms with Crippen molar-refractivity contribution in [3.8, 4) is 11.1 Å². The Kier molecular flexibility index (Phi) is 6.26. The average Bonchev–Trinajstić information content (AvgIpc) is 3.12. The zero-order valence-electron chi connectivity index (χ0n) is 18.5. The molecule has 0 heterocycles. The minimum Gasteiger partial charge on any atom is -0.322 e. The summed E-state index contributed by atoms with van der Waals surface area (Å²) in [5.74, 6) is -0.390. The van der Waals surface area contributed by atoms with Gasteiger partial charge in [-0.3, -0.25) is 4.79 Å². The van der Waals surface area contributed by atoms with Gasteiger partial charge in [0.2, 0.25) is 10.0 Å². The van der Waals surface area contributed by atoms with E-state index in [-0.39, 0.29) is 6.04 Å². The van der Waals surface area contributed by atoms with Crippen LogP contribution in [-0.2, 0) is 29.0 Å². The van der Waals surface area contributed by atoms with E-state index in [1.807, 2.05) is 19.1 Å². The summed E-state index contributed by atoms with van der Waals surface area (Å²) >= 11 is 0. The maximum absolute atomic E-state index is 13.1. The number of alkyl halides is 3. The zero-order chi connectivity index (χ0) is 24.7. The molecule has 1 atom stereocenters. The summed E-state index contributed by atoms with van der Waals surface area (Å²) in [5.41, 5.74) is 4.01. The summed E-state index contributed by atoms with van der Waals surface area (Å²) in [6, 6.07) is 15.1. The largest absolute Gasteiger partial charge is 0.416 e. The Morgan fingerprint density at radius 1 is 0.941 bits per heavy atom. The monoisotopic (exact) mass is 488 g/mol. The zero-order valence-corrected chi connectivity index (χ0v) is 19.3. The van der Waals surface area contributed by atoms with Crippen molar-refractivity contribution in [3.63, 3.8) is 0 Å². The van der Waals surface area contributed by atoms with Crippen LogP contribution in [0.3, 0.4) is 0 Å². The SMILES string of the molecule is Cc1ccc(C(=O)Nc2ccc3c(c2)CC(NS(C)(=O)=O)C3)c(-c2ccc(C(F)(F)F)cc2)c1. The third-order valence-electron chi connectivity index (χ3n) is 5.72. The van der Waals surface area contributed by atoms with Crippen LogP contribution in [0.5, 0.6) is 0 Å². The van der Waals surface area contributed by atoms with Crippen LogP contribution in [0.1, 0.15) is 32.6 Å². The van der Waals surface area contributed by atoms with Crippen LogP contribution in [0.25, 0.3) is 11.1 Å². The van der Waals surface area contributed by atoms with Crippen LogP contribution in [0.4, 0.5) is 18.9 Å². The molecule has 0 fully saturated rings. The van der Waals surface area contributed by atoms with Gasteiger partial charge < -0.3 is 5.32 Å². The van der Waals surface area contributed by atoms with E-state index in [1.165, 1.54) is 12.1 Å². The Morgan fingerprint density at radius 3 is 2.26 bits per heavy atom. The van der Waals surface area contributed by atoms with E-state index in [0.717, 1.165) is 35.1 Å². The number of anilines is 1. The third kappa shape index (κ3) is 5.48. The lowest BCUT2D eigenvalue weighted by Crippen LogP contribution is -2.34. The van der Waals surface area contributed by atoms with E-state index in [2.05, 4.69) is 10.0 Å². The Labute approximate surface area is 196 Å². The fourth-order valence-corrected chi connectivity index (χ4v) is 4.99. The number of carbonyl (C=O) groups is 1. The summed E-state index contributed by atoms with van der Waals surface area (Å²) in [6.45, 7) is 1.84. The molecule has 1 unspecified atom stereocenters. The maximum Gasteiger partial charge on any atom is 0.416 e. The lowest BCUT2D eigenvalue weighted by atomic mass is 9.96. The summed E-state index contributed by atoms with van der Waals surface area (Å²) in [4.78, 5) is 13.1. The number of sulfonamides is 1. The second-order valence-electron chi connectivity index (χ2n) is 8.56. The van der Waals surface area contributed by atoms with E-state index in [9.17, 15) is 26.4 Å². The summed E-state index contributed by atoms with van der Waals surface area (Å²) in [5, 5.41) is 2.86. The van der Waals surface area contributed by atoms with Crippen LogP contribution >= 0.6 is 0 Å². The van der Waals surface area contributed by atoms with Crippen molar-refractivity contribution in [2.45, 2.75) is 32.0 Å². The molecule has 0 saturated heterocycles. The van der Waals surface area contributed by atoms with Crippen LogP contribution in [0.2, 0.25) is 0 Å². The average molecular weight is 489 g/mol. The van der Waals surface area contributed by atoms with Gasteiger partial charge in [0, 0.05) is 17.3 Å². The van der Waals surface area contributed by atoms with Crippen molar-refractivity contribution < 1.29 is 26.4 Å². The fraction of sp³-hybridized carbons (Fsp3) is 0.240. The second kappa shape index (κ2) is 8.88. The smallest absolute Gasteiger partial charge is 0.322 e. The molecule has 0 aromatic heterocycles. The molecule has 1 amide bonds. The Balaban J connectivity index is 1.57. The van der Waals surface area contributed by atoms with Crippen LogP contribution in [0, 0.1) is 6.92 Å². The molecular weight excluding hydrogens is 465 g/mol. The van der Waals surface area contributed by atoms with Crippen molar-refractivity contribution in [1.82, 2.24) is 4.72 Å². The molecule has 5 nitrogen and oxygen atoms in total. The molecule has 1 aliphatic rings. The quantitative estimate of drug-likeness (QED) is 0.534. The molecule has 9 heteroatoms. The molecule has 0 aliphatic heterocycles. The molecule has 34 heavy (non-hydrogen) atoms. The van der Waals surface area contributed by atoms with Gasteiger partial charge in [-0.25, -0.2) is 13.1 Å². The summed E-state index contributed by atoms with van der Waals surface area (Å²) in [6.07, 6.45) is -2.22. The fourth-order valence-electron chi connectivity index (χ4n) is 4.21. The van der Waals surface area contributed by atoms with Crippen molar-refractivity contribution in [3.05, 3.63) is 88.5 Å². The van der Waals surface area contributed by atoms with Gasteiger partial charge in [-0.15, -0.1) is 0 Å². The van der Waals surface area contributed by atoms with Crippen molar-refractivity contribution in [2.75, 3.05) is 11.6 Å². The van der Waals surface area contributed by atoms with Crippen LogP contribution in [-0.4, -0.2) is 26.6 Å². The Bertz CT molecular complexity index is 1350. The van der Waals surface area contributed by atoms with Gasteiger partial charge in [0.25, 0.3) is 5.91 Å². The molecule has 3 aromatic carbocycles. The number of carbonyl (C=O) groups excluding carboxylic acids is 1. The van der Waals surface area contributed by atoms with E-state index in [0.29, 0.717) is 35.2 Å². The number of amides is 1. The number of rotatable bonds is 5. The van der Waals surface area contributed by atoms with Gasteiger partial charge in [0.1, 0.15) is 0 Å². The minimum atomic E-state index is -4.44. The number of benzene rings is 3. The number of halogens is 3. The molecule has 4 rings (SSSR count). The van der Waals surface area contributed by atoms with E-state index in [4.69, 9.17) is 0 Å². The molecule has 0 radical (unpaired) electrons. The van der Waals surface area contributed by atoms with E-state index < -0.39 is 27.7 Å². The van der Waals surface area contributed by atoms with E-state index in [1.54, 1.807) is 24.3 Å². The number of nitrogens with one attached hydrogen (secondary N) is 2. The van der Waals surface area contributed by atoms with Gasteiger partial charge in [-0.05, 0) is 72.4 Å². The highest BCUT2D eigenvalue weighted by molar-refractivity contribution is 7.88. The first-order chi connectivity index (χ1) is 15.9. The standard InChI is InChI=1S/C25H23F3N2O3S/c1-15-3-10-22(23(11-15)16-4-7-19(8-5-16)25(26,27)28)24(31)29-20-9-6-17-12-21(14-18(17)13-20)30-34(2,32)33/h3-11,13,21,30H,12,14H2,1-2H3,(H,29,31). The number of hydrogen-bond donors (Lipinski definition) is 2. The lowest BCUT2D eigenvalue weighted by molar-refractivity contribution is -0.137. The van der Waals surface area contributed by atoms with Crippen molar-refractivity contribution >= 4 is 21.6 Å². The van der Waals surface area contributed by atoms with Gasteiger partial charge in [-0.2, -0.15) is 13.2 Å². The Hall–Kier alpha value is -3.17. The minimum absolute atomic E-state index is 0.223. The first-order valence-electron chi connectivity index (χ1n) is 10.6. The highest BCUT2D eigenvalue weighted by Gasteiger charge is 2.30. The molecule has 178 valence electrons. The van der Waals surface area contributed by atoms with E-state index >= 15 is 0 Å². The van der Waals surface area contributed by atoms with Crippen LogP contribution in [0.15, 0.2) is 60.7 Å². The number of hydrogen-bond acceptors (Lipinski definition) is 3. The maximum atomic E-state index is 13.1. The van der Waals surface area contributed by atoms with Gasteiger partial charge in [-0.1, -0.05) is 35.9 Å². The number of fused-ring (bicyclic) bond motifs is 1. The molecule has 0 bridgehead atoms. The topological polar surface area (TPSA) is 75.3 Å². The molecule has 1 aliphatic carbocycles. The third-order valence-corrected chi connectivity index (χ3v) is 6.48. The summed E-state index contributed by atoms with van der Waals surface area (Å²) < 4.78 is 64.5. The second-order valence-corrected chi connectivity index (χ2v) is 10.3. The van der Waals surface area contributed by atoms with Crippen LogP contribution < -0.4 is 10.0 Å². The predicted octanol–water partition coefficient (Wildman–Crippen LogP) is 4.95. The van der Waals surface area contributed by atoms with Gasteiger partial charge in [0.15, 0.2) is 0 Å². The van der Waals surface area contributed by atoms with Gasteiger partial charge >= 0.3 is 6.18 Å². The predicted molar refractivity (Wildman–Crippen MR) is 125 cm³/mol. The highest BCUT2D eigenvalue weighted by atomic mass is 32.2. The van der Waals surface area contributed by atoms with Crippen molar-refractivity contribution in [2.24, 2.45) is 0 Å². The first-order valence-corrected chi connectivity index (χ1v) is 12.5. The highest BCUT2D eigenvalue weighted by Crippen LogP contribution is 2.33. The first kappa shape index (κ1) is 24.0. The van der Waals surface area contributed by atoms with Crippen molar-refractivity contribution in [1.29, 1.82) is 0 Å².